The minimum absolute atomic E-state index is 0.0322. The highest BCUT2D eigenvalue weighted by molar-refractivity contribution is 5.99. The molecule has 1 saturated heterocycles. The van der Waals surface area contributed by atoms with E-state index in [4.69, 9.17) is 4.74 Å². The first-order chi connectivity index (χ1) is 12.0. The summed E-state index contributed by atoms with van der Waals surface area (Å²) >= 11 is 0. The van der Waals surface area contributed by atoms with Crippen LogP contribution in [0.1, 0.15) is 30.1 Å². The lowest BCUT2D eigenvalue weighted by atomic mass is 10.1. The second-order valence-electron chi connectivity index (χ2n) is 6.39. The van der Waals surface area contributed by atoms with Gasteiger partial charge >= 0.3 is 0 Å². The van der Waals surface area contributed by atoms with E-state index in [1.54, 1.807) is 46.9 Å². The van der Waals surface area contributed by atoms with Gasteiger partial charge in [0.25, 0.3) is 5.91 Å². The minimum atomic E-state index is -0.0849. The maximum Gasteiger partial charge on any atom is 0.253 e. The van der Waals surface area contributed by atoms with Crippen LogP contribution in [-0.4, -0.2) is 67.4 Å². The number of carbonyl (C=O) groups excluding carboxylic acids is 3. The van der Waals surface area contributed by atoms with Gasteiger partial charge in [-0.25, -0.2) is 0 Å². The smallest absolute Gasteiger partial charge is 0.253 e. The standard InChI is InChI=1S/C18H23N3O4/c1-13(22)20-7-3-8-21(10-9-20)18(24)14-4-5-16-15(12-14)19(2)17(23)6-11-25-16/h4-5,12H,3,6-11H2,1-2H3. The zero-order chi connectivity index (χ0) is 18.0. The molecule has 0 bridgehead atoms. The van der Waals surface area contributed by atoms with Crippen LogP contribution in [-0.2, 0) is 9.59 Å². The summed E-state index contributed by atoms with van der Waals surface area (Å²) in [7, 11) is 1.70. The van der Waals surface area contributed by atoms with Crippen LogP contribution in [0.4, 0.5) is 5.69 Å². The maximum atomic E-state index is 12.9. The molecule has 0 aromatic heterocycles. The van der Waals surface area contributed by atoms with Gasteiger partial charge in [0.15, 0.2) is 0 Å². The predicted molar refractivity (Wildman–Crippen MR) is 92.7 cm³/mol. The highest BCUT2D eigenvalue weighted by atomic mass is 16.5. The Labute approximate surface area is 147 Å². The molecule has 0 atom stereocenters. The Morgan fingerprint density at radius 3 is 2.56 bits per heavy atom. The van der Waals surface area contributed by atoms with Gasteiger partial charge in [0.2, 0.25) is 11.8 Å². The summed E-state index contributed by atoms with van der Waals surface area (Å²) in [6.07, 6.45) is 1.08. The van der Waals surface area contributed by atoms with Crippen molar-refractivity contribution in [2.24, 2.45) is 0 Å². The number of hydrogen-bond donors (Lipinski definition) is 0. The minimum Gasteiger partial charge on any atom is -0.491 e. The number of nitrogens with zero attached hydrogens (tertiary/aromatic N) is 3. The van der Waals surface area contributed by atoms with Crippen molar-refractivity contribution in [2.45, 2.75) is 19.8 Å². The molecule has 25 heavy (non-hydrogen) atoms. The Hall–Kier alpha value is -2.57. The highest BCUT2D eigenvalue weighted by Gasteiger charge is 2.25. The number of amides is 3. The van der Waals surface area contributed by atoms with Crippen molar-refractivity contribution in [1.82, 2.24) is 9.80 Å². The third kappa shape index (κ3) is 3.60. The summed E-state index contributed by atoms with van der Waals surface area (Å²) < 4.78 is 5.60. The van der Waals surface area contributed by atoms with Gasteiger partial charge in [-0.3, -0.25) is 14.4 Å². The molecular formula is C18H23N3O4. The average molecular weight is 345 g/mol. The average Bonchev–Trinajstić information content (AvgIpc) is 2.93. The van der Waals surface area contributed by atoms with Crippen molar-refractivity contribution in [2.75, 3.05) is 44.7 Å². The van der Waals surface area contributed by atoms with Crippen LogP contribution < -0.4 is 9.64 Å². The fourth-order valence-electron chi connectivity index (χ4n) is 3.20. The van der Waals surface area contributed by atoms with Crippen molar-refractivity contribution in [1.29, 1.82) is 0 Å². The van der Waals surface area contributed by atoms with E-state index >= 15 is 0 Å². The Kier molecular flexibility index (Phi) is 4.92. The number of rotatable bonds is 1. The van der Waals surface area contributed by atoms with Gasteiger partial charge in [-0.1, -0.05) is 0 Å². The van der Waals surface area contributed by atoms with E-state index in [2.05, 4.69) is 0 Å². The van der Waals surface area contributed by atoms with E-state index < -0.39 is 0 Å². The lowest BCUT2D eigenvalue weighted by Crippen LogP contribution is -2.36. The molecule has 2 heterocycles. The summed E-state index contributed by atoms with van der Waals surface area (Å²) in [5, 5.41) is 0. The molecule has 7 nitrogen and oxygen atoms in total. The van der Waals surface area contributed by atoms with Crippen molar-refractivity contribution in [3.63, 3.8) is 0 Å². The maximum absolute atomic E-state index is 12.9. The summed E-state index contributed by atoms with van der Waals surface area (Å²) in [6.45, 7) is 4.25. The second kappa shape index (κ2) is 7.13. The summed E-state index contributed by atoms with van der Waals surface area (Å²) in [5.41, 5.74) is 1.15. The predicted octanol–water partition coefficient (Wildman–Crippen LogP) is 1.13. The second-order valence-corrected chi connectivity index (χ2v) is 6.39. The van der Waals surface area contributed by atoms with Gasteiger partial charge in [0.1, 0.15) is 5.75 Å². The Balaban J connectivity index is 1.80. The molecular weight excluding hydrogens is 322 g/mol. The third-order valence-corrected chi connectivity index (χ3v) is 4.74. The molecule has 0 saturated carbocycles. The summed E-state index contributed by atoms with van der Waals surface area (Å²) in [6, 6.07) is 5.20. The van der Waals surface area contributed by atoms with Crippen LogP contribution in [0.5, 0.6) is 5.75 Å². The van der Waals surface area contributed by atoms with E-state index in [1.165, 1.54) is 0 Å². The van der Waals surface area contributed by atoms with E-state index in [-0.39, 0.29) is 17.7 Å². The van der Waals surface area contributed by atoms with E-state index in [1.807, 2.05) is 0 Å². The first-order valence-electron chi connectivity index (χ1n) is 8.55. The molecule has 0 aliphatic carbocycles. The van der Waals surface area contributed by atoms with Crippen molar-refractivity contribution in [3.8, 4) is 5.75 Å². The quantitative estimate of drug-likeness (QED) is 0.765. The number of fused-ring (bicyclic) bond motifs is 1. The van der Waals surface area contributed by atoms with E-state index in [0.29, 0.717) is 56.2 Å². The SMILES string of the molecule is CC(=O)N1CCCN(C(=O)c2ccc3c(c2)N(C)C(=O)CCO3)CC1. The molecule has 0 N–H and O–H groups in total. The molecule has 7 heteroatoms. The molecule has 1 aromatic rings. The fourth-order valence-corrected chi connectivity index (χ4v) is 3.20. The Morgan fingerprint density at radius 1 is 1.08 bits per heavy atom. The molecule has 0 unspecified atom stereocenters. The molecule has 1 fully saturated rings. The molecule has 0 spiro atoms. The number of carbonyl (C=O) groups is 3. The monoisotopic (exact) mass is 345 g/mol. The molecule has 1 aromatic carbocycles. The van der Waals surface area contributed by atoms with Crippen molar-refractivity contribution < 1.29 is 19.1 Å². The summed E-state index contributed by atoms with van der Waals surface area (Å²) in [5.74, 6) is 0.536. The van der Waals surface area contributed by atoms with Crippen LogP contribution >= 0.6 is 0 Å². The molecule has 0 radical (unpaired) electrons. The fraction of sp³-hybridized carbons (Fsp3) is 0.500. The number of ether oxygens (including phenoxy) is 1. The van der Waals surface area contributed by atoms with Gasteiger partial charge in [-0.2, -0.15) is 0 Å². The van der Waals surface area contributed by atoms with Crippen molar-refractivity contribution in [3.05, 3.63) is 23.8 Å². The molecule has 3 rings (SSSR count). The lowest BCUT2D eigenvalue weighted by molar-refractivity contribution is -0.128. The van der Waals surface area contributed by atoms with Crippen LogP contribution in [0.15, 0.2) is 18.2 Å². The van der Waals surface area contributed by atoms with Crippen LogP contribution in [0.3, 0.4) is 0 Å². The first kappa shape index (κ1) is 17.3. The topological polar surface area (TPSA) is 70.2 Å². The van der Waals surface area contributed by atoms with Crippen molar-refractivity contribution >= 4 is 23.4 Å². The lowest BCUT2D eigenvalue weighted by Gasteiger charge is -2.23. The molecule has 2 aliphatic heterocycles. The normalized spacial score (nSPS) is 18.2. The van der Waals surface area contributed by atoms with E-state index in [0.717, 1.165) is 6.42 Å². The zero-order valence-corrected chi connectivity index (χ0v) is 14.7. The molecule has 2 aliphatic rings. The first-order valence-corrected chi connectivity index (χ1v) is 8.55. The van der Waals surface area contributed by atoms with Gasteiger partial charge in [0.05, 0.1) is 18.7 Å². The Bertz CT molecular complexity index is 704. The van der Waals surface area contributed by atoms with Gasteiger partial charge in [0, 0.05) is 45.7 Å². The van der Waals surface area contributed by atoms with Gasteiger partial charge in [-0.05, 0) is 24.6 Å². The van der Waals surface area contributed by atoms with Gasteiger partial charge < -0.3 is 19.4 Å². The number of anilines is 1. The highest BCUT2D eigenvalue weighted by Crippen LogP contribution is 2.32. The summed E-state index contributed by atoms with van der Waals surface area (Å²) in [4.78, 5) is 41.5. The molecule has 3 amide bonds. The third-order valence-electron chi connectivity index (χ3n) is 4.74. The largest absolute Gasteiger partial charge is 0.491 e. The zero-order valence-electron chi connectivity index (χ0n) is 14.7. The van der Waals surface area contributed by atoms with Crippen LogP contribution in [0.25, 0.3) is 0 Å². The van der Waals surface area contributed by atoms with E-state index in [9.17, 15) is 14.4 Å². The number of benzene rings is 1. The molecule has 134 valence electrons. The van der Waals surface area contributed by atoms with Gasteiger partial charge in [-0.15, -0.1) is 0 Å². The van der Waals surface area contributed by atoms with Crippen LogP contribution in [0, 0.1) is 0 Å². The van der Waals surface area contributed by atoms with Crippen LogP contribution in [0.2, 0.25) is 0 Å². The Morgan fingerprint density at radius 2 is 1.80 bits per heavy atom. The number of hydrogen-bond acceptors (Lipinski definition) is 4.